The van der Waals surface area contributed by atoms with Crippen molar-refractivity contribution in [1.82, 2.24) is 10.7 Å². The number of hydrogen-bond donors (Lipinski definition) is 3. The normalized spacial score (nSPS) is 24.1. The van der Waals surface area contributed by atoms with Gasteiger partial charge in [0.1, 0.15) is 0 Å². The van der Waals surface area contributed by atoms with Crippen LogP contribution in [0.4, 0.5) is 0 Å². The Hall–Kier alpha value is -0.610. The topological polar surface area (TPSA) is 67.2 Å². The fraction of sp³-hybridized carbons (Fsp3) is 0.889. The molecule has 4 N–H and O–H groups in total. The van der Waals surface area contributed by atoms with E-state index in [-0.39, 0.29) is 11.3 Å². The highest BCUT2D eigenvalue weighted by Crippen LogP contribution is 2.31. The van der Waals surface area contributed by atoms with Gasteiger partial charge in [0, 0.05) is 5.41 Å². The van der Waals surface area contributed by atoms with Crippen molar-refractivity contribution < 1.29 is 4.79 Å². The van der Waals surface area contributed by atoms with Gasteiger partial charge in [-0.3, -0.25) is 10.2 Å². The first-order chi connectivity index (χ1) is 6.09. The Kier molecular flexibility index (Phi) is 3.27. The van der Waals surface area contributed by atoms with E-state index in [0.717, 1.165) is 25.9 Å². The van der Waals surface area contributed by atoms with Gasteiger partial charge in [0.25, 0.3) is 0 Å². The second-order valence-corrected chi connectivity index (χ2v) is 4.24. The molecule has 4 nitrogen and oxygen atoms in total. The molecular weight excluding hydrogens is 166 g/mol. The van der Waals surface area contributed by atoms with Crippen molar-refractivity contribution in [3.05, 3.63) is 0 Å². The lowest BCUT2D eigenvalue weighted by molar-refractivity contribution is -0.132. The van der Waals surface area contributed by atoms with Crippen LogP contribution in [0.1, 0.15) is 26.7 Å². The fourth-order valence-corrected chi connectivity index (χ4v) is 1.84. The average molecular weight is 185 g/mol. The van der Waals surface area contributed by atoms with Crippen LogP contribution in [0.5, 0.6) is 0 Å². The molecule has 1 rings (SSSR count). The van der Waals surface area contributed by atoms with Gasteiger partial charge < -0.3 is 5.32 Å². The molecule has 0 bridgehead atoms. The van der Waals surface area contributed by atoms with Gasteiger partial charge in [-0.25, -0.2) is 5.84 Å². The summed E-state index contributed by atoms with van der Waals surface area (Å²) in [6.07, 6.45) is 2.25. The minimum Gasteiger partial charge on any atom is -0.316 e. The molecule has 0 aromatic carbocycles. The number of nitrogens with two attached hydrogens (primary N) is 1. The molecule has 1 aliphatic heterocycles. The van der Waals surface area contributed by atoms with E-state index in [1.54, 1.807) is 0 Å². The van der Waals surface area contributed by atoms with E-state index in [1.165, 1.54) is 0 Å². The summed E-state index contributed by atoms with van der Waals surface area (Å²) in [6.45, 7) is 5.89. The van der Waals surface area contributed by atoms with Crippen molar-refractivity contribution >= 4 is 5.91 Å². The summed E-state index contributed by atoms with van der Waals surface area (Å²) in [5.41, 5.74) is 1.88. The zero-order valence-corrected chi connectivity index (χ0v) is 8.39. The molecule has 1 amide bonds. The molecule has 13 heavy (non-hydrogen) atoms. The van der Waals surface area contributed by atoms with Gasteiger partial charge in [0.05, 0.1) is 0 Å². The van der Waals surface area contributed by atoms with Crippen LogP contribution in [-0.2, 0) is 4.79 Å². The number of piperidine rings is 1. The molecule has 1 saturated heterocycles. The first-order valence-corrected chi connectivity index (χ1v) is 4.81. The van der Waals surface area contributed by atoms with E-state index in [4.69, 9.17) is 5.84 Å². The van der Waals surface area contributed by atoms with Gasteiger partial charge in [0.15, 0.2) is 0 Å². The van der Waals surface area contributed by atoms with Crippen molar-refractivity contribution in [2.45, 2.75) is 26.7 Å². The van der Waals surface area contributed by atoms with Gasteiger partial charge in [-0.2, -0.15) is 0 Å². The molecule has 0 aliphatic carbocycles. The quantitative estimate of drug-likeness (QED) is 0.322. The van der Waals surface area contributed by atoms with Crippen molar-refractivity contribution in [3.63, 3.8) is 0 Å². The van der Waals surface area contributed by atoms with E-state index in [2.05, 4.69) is 10.7 Å². The highest BCUT2D eigenvalue weighted by Gasteiger charge is 2.36. The monoisotopic (exact) mass is 185 g/mol. The van der Waals surface area contributed by atoms with E-state index in [9.17, 15) is 4.79 Å². The summed E-state index contributed by atoms with van der Waals surface area (Å²) in [6, 6.07) is 0. The van der Waals surface area contributed by atoms with E-state index in [0.29, 0.717) is 5.92 Å². The molecule has 0 aromatic heterocycles. The molecule has 1 unspecified atom stereocenters. The lowest BCUT2D eigenvalue weighted by Gasteiger charge is -2.35. The van der Waals surface area contributed by atoms with Crippen molar-refractivity contribution in [2.24, 2.45) is 17.2 Å². The highest BCUT2D eigenvalue weighted by atomic mass is 16.2. The van der Waals surface area contributed by atoms with Crippen LogP contribution in [0.15, 0.2) is 0 Å². The molecule has 0 spiro atoms. The Balaban J connectivity index is 2.60. The number of nitrogens with one attached hydrogen (secondary N) is 2. The first kappa shape index (κ1) is 10.5. The number of hydrogen-bond acceptors (Lipinski definition) is 3. The first-order valence-electron chi connectivity index (χ1n) is 4.81. The Labute approximate surface area is 79.2 Å². The Morgan fingerprint density at radius 1 is 1.62 bits per heavy atom. The third-order valence-corrected chi connectivity index (χ3v) is 3.03. The molecular formula is C9H19N3O. The summed E-state index contributed by atoms with van der Waals surface area (Å²) in [4.78, 5) is 11.5. The zero-order valence-electron chi connectivity index (χ0n) is 8.39. The van der Waals surface area contributed by atoms with Gasteiger partial charge in [-0.05, 0) is 31.8 Å². The van der Waals surface area contributed by atoms with Crippen LogP contribution in [0.25, 0.3) is 0 Å². The number of carbonyl (C=O) groups is 1. The predicted octanol–water partition coefficient (Wildman–Crippen LogP) is 0.00210. The van der Waals surface area contributed by atoms with Gasteiger partial charge in [-0.1, -0.05) is 13.8 Å². The minimum atomic E-state index is -0.359. The van der Waals surface area contributed by atoms with Crippen LogP contribution in [0, 0.1) is 11.3 Å². The summed E-state index contributed by atoms with van der Waals surface area (Å²) in [7, 11) is 0. The summed E-state index contributed by atoms with van der Waals surface area (Å²) >= 11 is 0. The fourth-order valence-electron chi connectivity index (χ4n) is 1.84. The van der Waals surface area contributed by atoms with Gasteiger partial charge in [0.2, 0.25) is 5.91 Å². The predicted molar refractivity (Wildman–Crippen MR) is 51.7 cm³/mol. The minimum absolute atomic E-state index is 0.0683. The lowest BCUT2D eigenvalue weighted by atomic mass is 9.74. The SMILES string of the molecule is CC(C)(C(=O)NN)C1CCCNC1. The highest BCUT2D eigenvalue weighted by molar-refractivity contribution is 5.81. The Morgan fingerprint density at radius 3 is 2.77 bits per heavy atom. The third kappa shape index (κ3) is 2.19. The number of amides is 1. The van der Waals surface area contributed by atoms with Crippen LogP contribution in [0.3, 0.4) is 0 Å². The second-order valence-electron chi connectivity index (χ2n) is 4.24. The van der Waals surface area contributed by atoms with E-state index < -0.39 is 0 Å². The smallest absolute Gasteiger partial charge is 0.239 e. The molecule has 0 aromatic rings. The Bertz CT molecular complexity index is 185. The molecule has 76 valence electrons. The molecule has 1 atom stereocenters. The van der Waals surface area contributed by atoms with E-state index >= 15 is 0 Å². The largest absolute Gasteiger partial charge is 0.316 e. The van der Waals surface area contributed by atoms with Gasteiger partial charge >= 0.3 is 0 Å². The van der Waals surface area contributed by atoms with Crippen LogP contribution >= 0.6 is 0 Å². The summed E-state index contributed by atoms with van der Waals surface area (Å²) in [5.74, 6) is 5.47. The maximum Gasteiger partial charge on any atom is 0.239 e. The maximum atomic E-state index is 11.5. The molecule has 1 heterocycles. The summed E-state index contributed by atoms with van der Waals surface area (Å²) in [5, 5.41) is 3.30. The van der Waals surface area contributed by atoms with Crippen LogP contribution in [0.2, 0.25) is 0 Å². The molecule has 0 radical (unpaired) electrons. The van der Waals surface area contributed by atoms with Crippen LogP contribution < -0.4 is 16.6 Å². The van der Waals surface area contributed by atoms with E-state index in [1.807, 2.05) is 13.8 Å². The Morgan fingerprint density at radius 2 is 2.31 bits per heavy atom. The molecule has 1 aliphatic rings. The van der Waals surface area contributed by atoms with Crippen molar-refractivity contribution in [1.29, 1.82) is 0 Å². The van der Waals surface area contributed by atoms with Gasteiger partial charge in [-0.15, -0.1) is 0 Å². The molecule has 0 saturated carbocycles. The molecule has 1 fully saturated rings. The van der Waals surface area contributed by atoms with Crippen molar-refractivity contribution in [2.75, 3.05) is 13.1 Å². The number of carbonyl (C=O) groups excluding carboxylic acids is 1. The average Bonchev–Trinajstić information content (AvgIpc) is 2.18. The van der Waals surface area contributed by atoms with Crippen LogP contribution in [-0.4, -0.2) is 19.0 Å². The number of rotatable bonds is 2. The van der Waals surface area contributed by atoms with Crippen molar-refractivity contribution in [3.8, 4) is 0 Å². The lowest BCUT2D eigenvalue weighted by Crippen LogP contribution is -2.49. The standard InChI is InChI=1S/C9H19N3O/c1-9(2,8(13)12-10)7-4-3-5-11-6-7/h7,11H,3-6,10H2,1-2H3,(H,12,13). The second kappa shape index (κ2) is 4.07. The zero-order chi connectivity index (χ0) is 9.90. The maximum absolute atomic E-state index is 11.5. The third-order valence-electron chi connectivity index (χ3n) is 3.03. The number of hydrazine groups is 1. The summed E-state index contributed by atoms with van der Waals surface area (Å²) < 4.78 is 0. The molecule has 4 heteroatoms.